The Morgan fingerprint density at radius 3 is 1.51 bits per heavy atom. The molecule has 0 N–H and O–H groups in total. The first-order valence-electron chi connectivity index (χ1n) is 11.9. The van der Waals surface area contributed by atoms with Gasteiger partial charge in [-0.15, -0.1) is 0 Å². The highest BCUT2D eigenvalue weighted by Gasteiger charge is 2.43. The van der Waals surface area contributed by atoms with Crippen molar-refractivity contribution in [3.8, 4) is 0 Å². The van der Waals surface area contributed by atoms with Crippen molar-refractivity contribution in [3.63, 3.8) is 0 Å². The molecule has 4 aliphatic rings. The molecule has 0 amide bonds. The summed E-state index contributed by atoms with van der Waals surface area (Å²) in [7, 11) is -1.57. The van der Waals surface area contributed by atoms with Gasteiger partial charge in [-0.25, -0.2) is 0 Å². The molecule has 4 saturated heterocycles. The van der Waals surface area contributed by atoms with Gasteiger partial charge in [0.15, 0.2) is 0 Å². The third-order valence-corrected chi connectivity index (χ3v) is 4.73. The Kier molecular flexibility index (Phi) is 12.9. The lowest BCUT2D eigenvalue weighted by atomic mass is 9.88. The van der Waals surface area contributed by atoms with Gasteiger partial charge >= 0.3 is 52.4 Å². The molecule has 37 heavy (non-hydrogen) atoms. The van der Waals surface area contributed by atoms with Crippen LogP contribution in [0.4, 0.5) is 0 Å². The van der Waals surface area contributed by atoms with E-state index in [1.165, 1.54) is 6.92 Å². The fourth-order valence-electron chi connectivity index (χ4n) is 3.07. The summed E-state index contributed by atoms with van der Waals surface area (Å²) < 4.78 is 38.5. The highest BCUT2D eigenvalue weighted by molar-refractivity contribution is 6.48. The summed E-state index contributed by atoms with van der Waals surface area (Å²) in [6.45, 7) is 15.8. The summed E-state index contributed by atoms with van der Waals surface area (Å²) in [5.74, 6) is -1.29. The minimum atomic E-state index is -0.678. The quantitative estimate of drug-likeness (QED) is 0.467. The van der Waals surface area contributed by atoms with Gasteiger partial charge < -0.3 is 37.2 Å². The van der Waals surface area contributed by atoms with Crippen molar-refractivity contribution in [2.75, 3.05) is 6.61 Å². The second-order valence-electron chi connectivity index (χ2n) is 9.57. The van der Waals surface area contributed by atoms with E-state index in [2.05, 4.69) is 14.0 Å². The second-order valence-corrected chi connectivity index (χ2v) is 9.57. The molecule has 0 aliphatic carbocycles. The number of carbonyl (C=O) groups is 5. The molecular formula is C20H34B4O13. The molecule has 0 aromatic rings. The predicted molar refractivity (Wildman–Crippen MR) is 132 cm³/mol. The number of ketones is 1. The smallest absolute Gasteiger partial charge is 0.508 e. The van der Waals surface area contributed by atoms with Gasteiger partial charge in [-0.05, 0) is 46.6 Å². The first kappa shape index (κ1) is 32.7. The first-order chi connectivity index (χ1) is 17.0. The zero-order valence-electron chi connectivity index (χ0n) is 22.8. The maximum atomic E-state index is 11.1. The van der Waals surface area contributed by atoms with Crippen LogP contribution in [0.25, 0.3) is 0 Å². The van der Waals surface area contributed by atoms with Crippen molar-refractivity contribution in [1.29, 1.82) is 0 Å². The van der Waals surface area contributed by atoms with Crippen LogP contribution in [0.3, 0.4) is 0 Å². The number of rotatable bonds is 2. The normalized spacial score (nSPS) is 24.6. The zero-order valence-corrected chi connectivity index (χ0v) is 22.8. The van der Waals surface area contributed by atoms with Crippen LogP contribution in [-0.4, -0.2) is 83.1 Å². The van der Waals surface area contributed by atoms with E-state index >= 15 is 0 Å². The zero-order chi connectivity index (χ0) is 28.5. The van der Waals surface area contributed by atoms with Crippen LogP contribution >= 0.6 is 0 Å². The van der Waals surface area contributed by atoms with Gasteiger partial charge in [0, 0.05) is 6.42 Å². The van der Waals surface area contributed by atoms with E-state index in [-0.39, 0.29) is 69.6 Å². The molecule has 0 bridgehead atoms. The van der Waals surface area contributed by atoms with Crippen molar-refractivity contribution in [1.82, 2.24) is 0 Å². The molecule has 4 aliphatic heterocycles. The Hall–Kier alpha value is -2.35. The van der Waals surface area contributed by atoms with Crippen LogP contribution < -0.4 is 0 Å². The Morgan fingerprint density at radius 2 is 1.30 bits per heavy atom. The predicted octanol–water partition coefficient (Wildman–Crippen LogP) is 0.862. The molecule has 0 radical (unpaired) electrons. The average Bonchev–Trinajstić information content (AvgIpc) is 3.46. The van der Waals surface area contributed by atoms with E-state index in [1.54, 1.807) is 34.2 Å². The first-order valence-corrected chi connectivity index (χ1v) is 11.9. The Bertz CT molecular complexity index is 834. The van der Waals surface area contributed by atoms with Crippen molar-refractivity contribution in [2.45, 2.75) is 86.6 Å². The number of hydrogen-bond donors (Lipinski definition) is 0. The maximum absolute atomic E-state index is 11.1. The minimum absolute atomic E-state index is 0.0685. The maximum Gasteiger partial charge on any atom is 0.524 e. The Morgan fingerprint density at radius 1 is 0.784 bits per heavy atom. The summed E-state index contributed by atoms with van der Waals surface area (Å²) in [6.07, 6.45) is -1.34. The van der Waals surface area contributed by atoms with Crippen LogP contribution in [0.2, 0.25) is 27.3 Å². The molecule has 0 unspecified atom stereocenters. The molecule has 0 spiro atoms. The van der Waals surface area contributed by atoms with Crippen molar-refractivity contribution in [2.24, 2.45) is 5.41 Å². The molecule has 0 aromatic carbocycles. The summed E-state index contributed by atoms with van der Waals surface area (Å²) in [5, 5.41) is 0. The lowest BCUT2D eigenvalue weighted by Crippen LogP contribution is -2.32. The molecule has 13 nitrogen and oxygen atoms in total. The Labute approximate surface area is 218 Å². The highest BCUT2D eigenvalue weighted by Crippen LogP contribution is 2.27. The van der Waals surface area contributed by atoms with Gasteiger partial charge in [0.2, 0.25) is 0 Å². The van der Waals surface area contributed by atoms with E-state index in [9.17, 15) is 24.0 Å². The summed E-state index contributed by atoms with van der Waals surface area (Å²) in [5.41, 5.74) is -0.165. The van der Waals surface area contributed by atoms with Crippen LogP contribution in [0, 0.1) is 5.41 Å². The number of carbonyl (C=O) groups excluding carboxylic acids is 5. The van der Waals surface area contributed by atoms with Gasteiger partial charge in [0.1, 0.15) is 30.7 Å². The summed E-state index contributed by atoms with van der Waals surface area (Å²) in [6, 6.07) is 0. The standard InChI is InChI=1S/C7H13BO3.C6H9BO4.C4H7BO3.C3H5BO3/c1-7(2,3)5-6(9)11-8(4)10-5;1-4(8)3-5-6(9)11-7(2)10-5;1-3-4(6)8-5(2)7-3;1-4-6-2-3(5)7-4/h5H,1-4H3;5H,3H2,1-2H3;3H,1-2H3;2H2,1H3/t2*5-;3-;/m100./s1. The number of hydrogen-bond acceptors (Lipinski definition) is 13. The van der Waals surface area contributed by atoms with Gasteiger partial charge in [0.25, 0.3) is 0 Å². The lowest BCUT2D eigenvalue weighted by Gasteiger charge is -2.22. The van der Waals surface area contributed by atoms with Crippen molar-refractivity contribution < 1.29 is 61.2 Å². The van der Waals surface area contributed by atoms with Crippen LogP contribution in [0.15, 0.2) is 0 Å². The fourth-order valence-corrected chi connectivity index (χ4v) is 3.07. The average molecular weight is 526 g/mol. The molecule has 3 atom stereocenters. The van der Waals surface area contributed by atoms with Crippen LogP contribution in [-0.2, 0) is 61.2 Å². The van der Waals surface area contributed by atoms with Crippen molar-refractivity contribution >= 4 is 58.1 Å². The summed E-state index contributed by atoms with van der Waals surface area (Å²) in [4.78, 5) is 53.0. The largest absolute Gasteiger partial charge is 0.524 e. The topological polar surface area (TPSA) is 159 Å². The molecule has 4 rings (SSSR count). The van der Waals surface area contributed by atoms with E-state index in [4.69, 9.17) is 23.3 Å². The molecule has 0 aromatic heterocycles. The fraction of sp³-hybridized carbons (Fsp3) is 0.750. The Balaban J connectivity index is 0.000000251. The molecule has 4 heterocycles. The third kappa shape index (κ3) is 12.2. The van der Waals surface area contributed by atoms with Gasteiger partial charge in [-0.3, -0.25) is 24.0 Å². The van der Waals surface area contributed by atoms with E-state index in [0.717, 1.165) is 0 Å². The highest BCUT2D eigenvalue weighted by atomic mass is 16.7. The molecular weight excluding hydrogens is 491 g/mol. The van der Waals surface area contributed by atoms with Gasteiger partial charge in [-0.2, -0.15) is 0 Å². The van der Waals surface area contributed by atoms with Crippen LogP contribution in [0.1, 0.15) is 41.0 Å². The van der Waals surface area contributed by atoms with E-state index in [1.807, 2.05) is 20.8 Å². The van der Waals surface area contributed by atoms with Crippen LogP contribution in [0.5, 0.6) is 0 Å². The van der Waals surface area contributed by atoms with Gasteiger partial charge in [-0.1, -0.05) is 20.8 Å². The van der Waals surface area contributed by atoms with Crippen molar-refractivity contribution in [3.05, 3.63) is 0 Å². The molecule has 17 heteroatoms. The molecule has 204 valence electrons. The second kappa shape index (κ2) is 14.6. The third-order valence-electron chi connectivity index (χ3n) is 4.73. The lowest BCUT2D eigenvalue weighted by molar-refractivity contribution is -0.140. The summed E-state index contributed by atoms with van der Waals surface area (Å²) >= 11 is 0. The monoisotopic (exact) mass is 526 g/mol. The van der Waals surface area contributed by atoms with E-state index < -0.39 is 25.3 Å². The van der Waals surface area contributed by atoms with E-state index in [0.29, 0.717) is 0 Å². The molecule has 4 fully saturated rings. The number of Topliss-reactive ketones (excluding diaryl/α,β-unsaturated/α-hetero) is 1. The minimum Gasteiger partial charge on any atom is -0.508 e. The SMILES string of the molecule is CB1OC(=O)[C@H](C(C)(C)C)O1.CB1OC(=O)[C@H](C)O1.CB1OC(=O)[C@H](CC(C)=O)O1.CB1OCC(=O)O1. The van der Waals surface area contributed by atoms with Gasteiger partial charge in [0.05, 0.1) is 0 Å². The molecule has 0 saturated carbocycles.